The van der Waals surface area contributed by atoms with Crippen LogP contribution < -0.4 is 4.72 Å². The summed E-state index contributed by atoms with van der Waals surface area (Å²) in [7, 11) is -3.45. The van der Waals surface area contributed by atoms with Crippen LogP contribution in [0.4, 0.5) is 0 Å². The van der Waals surface area contributed by atoms with Gasteiger partial charge in [0.1, 0.15) is 0 Å². The van der Waals surface area contributed by atoms with Gasteiger partial charge in [0.2, 0.25) is 10.0 Å². The van der Waals surface area contributed by atoms with Crippen molar-refractivity contribution in [3.8, 4) is 0 Å². The normalized spacial score (nSPS) is 23.9. The highest BCUT2D eigenvalue weighted by Gasteiger charge is 2.27. The fourth-order valence-corrected chi connectivity index (χ4v) is 6.29. The summed E-state index contributed by atoms with van der Waals surface area (Å²) in [5, 5.41) is 9.37. The molecule has 1 aliphatic carbocycles. The van der Waals surface area contributed by atoms with Crippen molar-refractivity contribution < 1.29 is 13.5 Å². The van der Waals surface area contributed by atoms with Gasteiger partial charge in [0.05, 0.1) is 8.68 Å². The van der Waals surface area contributed by atoms with Crippen molar-refractivity contribution in [2.45, 2.75) is 37.5 Å². The van der Waals surface area contributed by atoms with E-state index < -0.39 is 10.0 Å². The SMILES string of the molecule is Cc1sc(Br)cc1S(=O)(=O)NCC1CCCCC1CO. The lowest BCUT2D eigenvalue weighted by Crippen LogP contribution is -2.35. The van der Waals surface area contributed by atoms with Crippen LogP contribution in [0.2, 0.25) is 0 Å². The van der Waals surface area contributed by atoms with Crippen LogP contribution in [0.3, 0.4) is 0 Å². The van der Waals surface area contributed by atoms with E-state index in [2.05, 4.69) is 20.7 Å². The van der Waals surface area contributed by atoms with Crippen LogP contribution >= 0.6 is 27.3 Å². The summed E-state index contributed by atoms with van der Waals surface area (Å²) in [5.74, 6) is 0.465. The summed E-state index contributed by atoms with van der Waals surface area (Å²) in [5.41, 5.74) is 0. The number of halogens is 1. The van der Waals surface area contributed by atoms with E-state index in [9.17, 15) is 13.5 Å². The second-order valence-electron chi connectivity index (χ2n) is 5.31. The number of thiophene rings is 1. The molecule has 0 amide bonds. The molecule has 0 aliphatic heterocycles. The highest BCUT2D eigenvalue weighted by atomic mass is 79.9. The van der Waals surface area contributed by atoms with Gasteiger partial charge in [-0.05, 0) is 53.6 Å². The Bertz CT molecular complexity index is 556. The van der Waals surface area contributed by atoms with E-state index in [1.165, 1.54) is 11.3 Å². The molecule has 0 radical (unpaired) electrons. The molecule has 1 aromatic heterocycles. The average Bonchev–Trinajstić information content (AvgIpc) is 2.76. The monoisotopic (exact) mass is 381 g/mol. The van der Waals surface area contributed by atoms with Crippen molar-refractivity contribution in [2.75, 3.05) is 13.2 Å². The van der Waals surface area contributed by atoms with Crippen LogP contribution in [-0.2, 0) is 10.0 Å². The van der Waals surface area contributed by atoms with Gasteiger partial charge in [0.25, 0.3) is 0 Å². The van der Waals surface area contributed by atoms with Crippen molar-refractivity contribution in [3.05, 3.63) is 14.7 Å². The summed E-state index contributed by atoms with van der Waals surface area (Å²) >= 11 is 4.74. The summed E-state index contributed by atoms with van der Waals surface area (Å²) in [6.07, 6.45) is 4.23. The van der Waals surface area contributed by atoms with E-state index in [4.69, 9.17) is 0 Å². The van der Waals surface area contributed by atoms with Gasteiger partial charge in [-0.1, -0.05) is 12.8 Å². The Morgan fingerprint density at radius 2 is 2.05 bits per heavy atom. The molecule has 2 atom stereocenters. The minimum absolute atomic E-state index is 0.148. The Kier molecular flexibility index (Phi) is 5.64. The number of hydrogen-bond donors (Lipinski definition) is 2. The number of aliphatic hydroxyl groups is 1. The standard InChI is InChI=1S/C13H20BrNO3S2/c1-9-12(6-13(14)19-9)20(17,18)15-7-10-4-2-3-5-11(10)8-16/h6,10-11,15-16H,2-5,7-8H2,1H3. The van der Waals surface area contributed by atoms with Crippen molar-refractivity contribution in [1.29, 1.82) is 0 Å². The number of nitrogens with one attached hydrogen (secondary N) is 1. The minimum atomic E-state index is -3.45. The van der Waals surface area contributed by atoms with Crippen LogP contribution in [0, 0.1) is 18.8 Å². The maximum absolute atomic E-state index is 12.3. The zero-order valence-corrected chi connectivity index (χ0v) is 14.7. The molecule has 0 saturated heterocycles. The highest BCUT2D eigenvalue weighted by Crippen LogP contribution is 2.31. The van der Waals surface area contributed by atoms with Crippen LogP contribution in [0.5, 0.6) is 0 Å². The van der Waals surface area contributed by atoms with E-state index in [1.807, 2.05) is 0 Å². The fraction of sp³-hybridized carbons (Fsp3) is 0.692. The van der Waals surface area contributed by atoms with Crippen LogP contribution in [0.25, 0.3) is 0 Å². The minimum Gasteiger partial charge on any atom is -0.396 e. The van der Waals surface area contributed by atoms with Gasteiger partial charge >= 0.3 is 0 Å². The van der Waals surface area contributed by atoms with E-state index in [0.717, 1.165) is 34.3 Å². The molecule has 0 aromatic carbocycles. The number of aryl methyl sites for hydroxylation is 1. The molecular formula is C13H20BrNO3S2. The first-order valence-electron chi connectivity index (χ1n) is 6.80. The third kappa shape index (κ3) is 3.82. The molecule has 2 unspecified atom stereocenters. The molecule has 1 heterocycles. The van der Waals surface area contributed by atoms with Crippen molar-refractivity contribution in [2.24, 2.45) is 11.8 Å². The van der Waals surface area contributed by atoms with Crippen LogP contribution in [-0.4, -0.2) is 26.7 Å². The van der Waals surface area contributed by atoms with Gasteiger partial charge in [0.15, 0.2) is 0 Å². The molecule has 7 heteroatoms. The van der Waals surface area contributed by atoms with Gasteiger partial charge in [-0.15, -0.1) is 11.3 Å². The van der Waals surface area contributed by atoms with E-state index in [-0.39, 0.29) is 18.4 Å². The quantitative estimate of drug-likeness (QED) is 0.823. The van der Waals surface area contributed by atoms with Gasteiger partial charge in [0, 0.05) is 18.0 Å². The summed E-state index contributed by atoms with van der Waals surface area (Å²) in [4.78, 5) is 1.14. The average molecular weight is 382 g/mol. The Morgan fingerprint density at radius 3 is 2.60 bits per heavy atom. The summed E-state index contributed by atoms with van der Waals surface area (Å²) in [6.45, 7) is 2.37. The Morgan fingerprint density at radius 1 is 1.40 bits per heavy atom. The van der Waals surface area contributed by atoms with E-state index in [1.54, 1.807) is 13.0 Å². The predicted molar refractivity (Wildman–Crippen MR) is 84.5 cm³/mol. The molecule has 20 heavy (non-hydrogen) atoms. The molecule has 1 saturated carbocycles. The zero-order chi connectivity index (χ0) is 14.8. The Labute approximate surface area is 132 Å². The second-order valence-corrected chi connectivity index (χ2v) is 9.68. The molecule has 0 bridgehead atoms. The molecule has 1 aromatic rings. The largest absolute Gasteiger partial charge is 0.396 e. The van der Waals surface area contributed by atoms with E-state index >= 15 is 0 Å². The first-order chi connectivity index (χ1) is 9.44. The number of hydrogen-bond acceptors (Lipinski definition) is 4. The topological polar surface area (TPSA) is 66.4 Å². The van der Waals surface area contributed by atoms with Gasteiger partial charge in [-0.3, -0.25) is 0 Å². The molecule has 2 rings (SSSR count). The third-order valence-electron chi connectivity index (χ3n) is 3.97. The maximum Gasteiger partial charge on any atom is 0.241 e. The van der Waals surface area contributed by atoms with E-state index in [0.29, 0.717) is 11.4 Å². The molecule has 2 N–H and O–H groups in total. The maximum atomic E-state index is 12.3. The predicted octanol–water partition coefficient (Wildman–Crippen LogP) is 2.90. The lowest BCUT2D eigenvalue weighted by atomic mass is 9.80. The first-order valence-corrected chi connectivity index (χ1v) is 9.89. The molecule has 1 aliphatic rings. The summed E-state index contributed by atoms with van der Waals surface area (Å²) in [6, 6.07) is 1.65. The van der Waals surface area contributed by atoms with Crippen LogP contribution in [0.15, 0.2) is 14.7 Å². The molecule has 114 valence electrons. The molecule has 1 fully saturated rings. The lowest BCUT2D eigenvalue weighted by Gasteiger charge is -2.30. The number of rotatable bonds is 5. The molecule has 4 nitrogen and oxygen atoms in total. The fourth-order valence-electron chi connectivity index (χ4n) is 2.79. The first kappa shape index (κ1) is 16.4. The lowest BCUT2D eigenvalue weighted by molar-refractivity contribution is 0.136. The molecular weight excluding hydrogens is 362 g/mol. The highest BCUT2D eigenvalue weighted by molar-refractivity contribution is 9.11. The zero-order valence-electron chi connectivity index (χ0n) is 11.4. The third-order valence-corrected chi connectivity index (χ3v) is 7.20. The summed E-state index contributed by atoms with van der Waals surface area (Å²) < 4.78 is 28.2. The number of aliphatic hydroxyl groups excluding tert-OH is 1. The van der Waals surface area contributed by atoms with Crippen molar-refractivity contribution >= 4 is 37.3 Å². The van der Waals surface area contributed by atoms with Gasteiger partial charge in [-0.25, -0.2) is 13.1 Å². The van der Waals surface area contributed by atoms with Crippen molar-refractivity contribution in [1.82, 2.24) is 4.72 Å². The second kappa shape index (κ2) is 6.87. The van der Waals surface area contributed by atoms with Crippen molar-refractivity contribution in [3.63, 3.8) is 0 Å². The van der Waals surface area contributed by atoms with Crippen LogP contribution in [0.1, 0.15) is 30.6 Å². The molecule has 0 spiro atoms. The Hall–Kier alpha value is 0.0500. The van der Waals surface area contributed by atoms with Gasteiger partial charge < -0.3 is 5.11 Å². The number of sulfonamides is 1. The smallest absolute Gasteiger partial charge is 0.241 e. The Balaban J connectivity index is 2.03. The van der Waals surface area contributed by atoms with Gasteiger partial charge in [-0.2, -0.15) is 0 Å².